The number of thiophene rings is 1. The summed E-state index contributed by atoms with van der Waals surface area (Å²) in [7, 11) is 2.16. The summed E-state index contributed by atoms with van der Waals surface area (Å²) in [4.78, 5) is 3.32. The molecule has 0 spiro atoms. The Hall–Kier alpha value is -0.340. The summed E-state index contributed by atoms with van der Waals surface area (Å²) in [5.74, 6) is 1.77. The van der Waals surface area contributed by atoms with E-state index in [1.165, 1.54) is 57.8 Å². The molecule has 1 aromatic rings. The topological polar surface area (TPSA) is 12.0 Å². The first kappa shape index (κ1) is 14.6. The van der Waals surface area contributed by atoms with Gasteiger partial charge in [-0.2, -0.15) is 0 Å². The lowest BCUT2D eigenvalue weighted by atomic mass is 9.78. The number of rotatable bonds is 3. The van der Waals surface area contributed by atoms with Gasteiger partial charge in [-0.1, -0.05) is 26.2 Å². The Labute approximate surface area is 128 Å². The van der Waals surface area contributed by atoms with Gasteiger partial charge in [-0.15, -0.1) is 11.3 Å². The lowest BCUT2D eigenvalue weighted by Gasteiger charge is -2.32. The molecule has 3 atom stereocenters. The average Bonchev–Trinajstić information content (AvgIpc) is 2.70. The van der Waals surface area contributed by atoms with E-state index >= 15 is 0 Å². The molecule has 3 rings (SSSR count). The molecule has 0 saturated heterocycles. The molecule has 1 fully saturated rings. The second-order valence-corrected chi connectivity index (χ2v) is 8.12. The number of fused-ring (bicyclic) bond motifs is 1. The smallest absolute Gasteiger partial charge is 0.0441 e. The van der Waals surface area contributed by atoms with Crippen molar-refractivity contribution in [2.45, 2.75) is 70.8 Å². The van der Waals surface area contributed by atoms with Crippen LogP contribution in [-0.4, -0.2) is 7.05 Å². The molecule has 1 nitrogen and oxygen atoms in total. The van der Waals surface area contributed by atoms with Crippen molar-refractivity contribution in [3.05, 3.63) is 21.4 Å². The molecule has 112 valence electrons. The predicted octanol–water partition coefficient (Wildman–Crippen LogP) is 5.10. The van der Waals surface area contributed by atoms with Crippen LogP contribution in [0, 0.1) is 11.8 Å². The maximum atomic E-state index is 3.64. The van der Waals surface area contributed by atoms with E-state index in [1.807, 2.05) is 0 Å². The van der Waals surface area contributed by atoms with Gasteiger partial charge in [0.2, 0.25) is 0 Å². The Morgan fingerprint density at radius 3 is 2.80 bits per heavy atom. The fraction of sp³-hybridized carbons (Fsp3) is 0.778. The maximum absolute atomic E-state index is 3.64. The Morgan fingerprint density at radius 1 is 1.15 bits per heavy atom. The minimum atomic E-state index is 0.606. The van der Waals surface area contributed by atoms with Crippen molar-refractivity contribution in [1.29, 1.82) is 0 Å². The highest BCUT2D eigenvalue weighted by atomic mass is 32.1. The maximum Gasteiger partial charge on any atom is 0.0441 e. The molecule has 3 unspecified atom stereocenters. The predicted molar refractivity (Wildman–Crippen MR) is 88.5 cm³/mol. The SMILES string of the molecule is CNC(c1cc2c(s1)CCCCC2)C1CCCC(C)C1. The van der Waals surface area contributed by atoms with Gasteiger partial charge in [-0.3, -0.25) is 0 Å². The van der Waals surface area contributed by atoms with Crippen molar-refractivity contribution in [2.24, 2.45) is 11.8 Å². The van der Waals surface area contributed by atoms with Gasteiger partial charge < -0.3 is 5.32 Å². The molecular formula is C18H29NS. The molecular weight excluding hydrogens is 262 g/mol. The summed E-state index contributed by atoms with van der Waals surface area (Å²) in [5, 5.41) is 3.64. The van der Waals surface area contributed by atoms with E-state index < -0.39 is 0 Å². The van der Waals surface area contributed by atoms with E-state index in [2.05, 4.69) is 36.7 Å². The Balaban J connectivity index is 1.78. The van der Waals surface area contributed by atoms with Gasteiger partial charge in [-0.25, -0.2) is 0 Å². The van der Waals surface area contributed by atoms with Crippen LogP contribution in [0.4, 0.5) is 0 Å². The van der Waals surface area contributed by atoms with Gasteiger partial charge >= 0.3 is 0 Å². The van der Waals surface area contributed by atoms with E-state index in [4.69, 9.17) is 0 Å². The first-order valence-electron chi connectivity index (χ1n) is 8.56. The van der Waals surface area contributed by atoms with E-state index in [-0.39, 0.29) is 0 Å². The molecule has 1 aromatic heterocycles. The van der Waals surface area contributed by atoms with Gasteiger partial charge in [0.25, 0.3) is 0 Å². The highest BCUT2D eigenvalue weighted by Crippen LogP contribution is 2.41. The largest absolute Gasteiger partial charge is 0.312 e. The number of nitrogens with one attached hydrogen (secondary N) is 1. The standard InChI is InChI=1S/C18H29NS/c1-13-7-6-9-15(11-13)18(19-2)17-12-14-8-4-3-5-10-16(14)20-17/h12-13,15,18-19H,3-11H2,1-2H3. The second kappa shape index (κ2) is 6.62. The van der Waals surface area contributed by atoms with Crippen LogP contribution < -0.4 is 5.32 Å². The summed E-state index contributed by atoms with van der Waals surface area (Å²) in [6.45, 7) is 2.43. The Bertz CT molecular complexity index is 413. The Morgan fingerprint density at radius 2 is 2.00 bits per heavy atom. The van der Waals surface area contributed by atoms with Crippen molar-refractivity contribution in [3.8, 4) is 0 Å². The third-order valence-corrected chi connectivity index (χ3v) is 6.65. The van der Waals surface area contributed by atoms with Crippen LogP contribution in [0.15, 0.2) is 6.07 Å². The van der Waals surface area contributed by atoms with E-state index in [0.29, 0.717) is 6.04 Å². The number of hydrogen-bond acceptors (Lipinski definition) is 2. The average molecular weight is 292 g/mol. The van der Waals surface area contributed by atoms with Crippen LogP contribution in [0.5, 0.6) is 0 Å². The molecule has 0 radical (unpaired) electrons. The quantitative estimate of drug-likeness (QED) is 0.764. The summed E-state index contributed by atoms with van der Waals surface area (Å²) in [5.41, 5.74) is 1.67. The van der Waals surface area contributed by atoms with Gasteiger partial charge in [0.15, 0.2) is 0 Å². The fourth-order valence-electron chi connectivity index (χ4n) is 4.24. The molecule has 1 saturated carbocycles. The molecule has 0 aliphatic heterocycles. The third kappa shape index (κ3) is 3.12. The Kier molecular flexibility index (Phi) is 4.83. The molecule has 2 aliphatic carbocycles. The van der Waals surface area contributed by atoms with E-state index in [0.717, 1.165) is 11.8 Å². The fourth-order valence-corrected chi connectivity index (χ4v) is 5.70. The zero-order valence-electron chi connectivity index (χ0n) is 13.1. The van der Waals surface area contributed by atoms with Crippen molar-refractivity contribution in [1.82, 2.24) is 5.32 Å². The van der Waals surface area contributed by atoms with Crippen LogP contribution in [0.2, 0.25) is 0 Å². The van der Waals surface area contributed by atoms with Gasteiger partial charge in [0.05, 0.1) is 0 Å². The second-order valence-electron chi connectivity index (χ2n) is 6.96. The monoisotopic (exact) mass is 291 g/mol. The summed E-state index contributed by atoms with van der Waals surface area (Å²) in [6, 6.07) is 3.15. The molecule has 20 heavy (non-hydrogen) atoms. The van der Waals surface area contributed by atoms with E-state index in [1.54, 1.807) is 15.3 Å². The van der Waals surface area contributed by atoms with Crippen LogP contribution in [-0.2, 0) is 12.8 Å². The van der Waals surface area contributed by atoms with Gasteiger partial charge in [0, 0.05) is 15.8 Å². The zero-order chi connectivity index (χ0) is 13.9. The summed E-state index contributed by atoms with van der Waals surface area (Å²) >= 11 is 2.11. The van der Waals surface area contributed by atoms with Crippen molar-refractivity contribution >= 4 is 11.3 Å². The highest BCUT2D eigenvalue weighted by molar-refractivity contribution is 7.12. The molecule has 0 amide bonds. The normalized spacial score (nSPS) is 28.7. The first-order chi connectivity index (χ1) is 9.78. The molecule has 1 N–H and O–H groups in total. The van der Waals surface area contributed by atoms with Gasteiger partial charge in [-0.05, 0) is 69.0 Å². The molecule has 2 heteroatoms. The number of aryl methyl sites for hydroxylation is 2. The molecule has 1 heterocycles. The molecule has 0 aromatic carbocycles. The van der Waals surface area contributed by atoms with Gasteiger partial charge in [0.1, 0.15) is 0 Å². The summed E-state index contributed by atoms with van der Waals surface area (Å²) in [6.07, 6.45) is 12.6. The minimum absolute atomic E-state index is 0.606. The lowest BCUT2D eigenvalue weighted by molar-refractivity contribution is 0.232. The minimum Gasteiger partial charge on any atom is -0.312 e. The first-order valence-corrected chi connectivity index (χ1v) is 9.38. The van der Waals surface area contributed by atoms with Crippen molar-refractivity contribution in [3.63, 3.8) is 0 Å². The van der Waals surface area contributed by atoms with E-state index in [9.17, 15) is 0 Å². The van der Waals surface area contributed by atoms with Crippen LogP contribution in [0.3, 0.4) is 0 Å². The van der Waals surface area contributed by atoms with Crippen LogP contribution >= 0.6 is 11.3 Å². The van der Waals surface area contributed by atoms with Crippen molar-refractivity contribution < 1.29 is 0 Å². The van der Waals surface area contributed by atoms with Crippen LogP contribution in [0.1, 0.15) is 73.2 Å². The molecule has 0 bridgehead atoms. The molecule has 2 aliphatic rings. The lowest BCUT2D eigenvalue weighted by Crippen LogP contribution is -2.28. The van der Waals surface area contributed by atoms with Crippen molar-refractivity contribution in [2.75, 3.05) is 7.05 Å². The summed E-state index contributed by atoms with van der Waals surface area (Å²) < 4.78 is 0. The van der Waals surface area contributed by atoms with Crippen LogP contribution in [0.25, 0.3) is 0 Å². The zero-order valence-corrected chi connectivity index (χ0v) is 13.9. The third-order valence-electron chi connectivity index (χ3n) is 5.33. The highest BCUT2D eigenvalue weighted by Gasteiger charge is 2.28. The number of hydrogen-bond donors (Lipinski definition) is 1.